The Hall–Kier alpha value is -2.86. The third-order valence-electron chi connectivity index (χ3n) is 3.69. The molecule has 0 radical (unpaired) electrons. The zero-order valence-corrected chi connectivity index (χ0v) is 14.8. The number of hydrazone groups is 1. The van der Waals surface area contributed by atoms with Crippen molar-refractivity contribution in [3.63, 3.8) is 0 Å². The molecule has 0 saturated carbocycles. The van der Waals surface area contributed by atoms with E-state index in [1.54, 1.807) is 24.6 Å². The molecular formula is C18H17ClN4O2. The van der Waals surface area contributed by atoms with Crippen molar-refractivity contribution in [3.05, 3.63) is 69.9 Å². The number of benzene rings is 1. The van der Waals surface area contributed by atoms with Crippen LogP contribution in [0.5, 0.6) is 0 Å². The van der Waals surface area contributed by atoms with Crippen molar-refractivity contribution in [2.45, 2.75) is 20.8 Å². The number of halogens is 1. The van der Waals surface area contributed by atoms with Gasteiger partial charge in [-0.15, -0.1) is 0 Å². The second-order valence-corrected chi connectivity index (χ2v) is 5.92. The van der Waals surface area contributed by atoms with E-state index < -0.39 is 0 Å². The molecule has 0 saturated heterocycles. The van der Waals surface area contributed by atoms with Crippen LogP contribution in [0.15, 0.2) is 45.9 Å². The average Bonchev–Trinajstić information content (AvgIpc) is 3.08. The fourth-order valence-corrected chi connectivity index (χ4v) is 2.79. The Morgan fingerprint density at radius 3 is 2.64 bits per heavy atom. The van der Waals surface area contributed by atoms with Crippen LogP contribution in [-0.2, 0) is 0 Å². The topological polar surface area (TPSA) is 72.4 Å². The molecule has 128 valence electrons. The number of hydrogen-bond acceptors (Lipinski definition) is 4. The first-order valence-corrected chi connectivity index (χ1v) is 8.06. The Labute approximate surface area is 150 Å². The van der Waals surface area contributed by atoms with E-state index in [2.05, 4.69) is 15.6 Å². The lowest BCUT2D eigenvalue weighted by Gasteiger charge is -2.01. The van der Waals surface area contributed by atoms with Crippen LogP contribution >= 0.6 is 11.6 Å². The number of carbonyl (C=O) groups is 1. The molecule has 0 unspecified atom stereocenters. The summed E-state index contributed by atoms with van der Waals surface area (Å²) in [4.78, 5) is 12.1. The van der Waals surface area contributed by atoms with Gasteiger partial charge in [-0.05, 0) is 39.0 Å². The van der Waals surface area contributed by atoms with E-state index in [0.29, 0.717) is 33.5 Å². The predicted molar refractivity (Wildman–Crippen MR) is 96.6 cm³/mol. The smallest absolute Gasteiger partial charge is 0.274 e. The molecule has 3 rings (SSSR count). The highest BCUT2D eigenvalue weighted by Crippen LogP contribution is 2.21. The number of nitrogens with zero attached hydrogens (tertiary/aromatic N) is 3. The summed E-state index contributed by atoms with van der Waals surface area (Å²) >= 11 is 6.41. The Morgan fingerprint density at radius 1 is 1.28 bits per heavy atom. The van der Waals surface area contributed by atoms with Crippen molar-refractivity contribution >= 4 is 23.7 Å². The number of para-hydroxylation sites is 1. The van der Waals surface area contributed by atoms with Gasteiger partial charge in [0.2, 0.25) is 0 Å². The predicted octanol–water partition coefficient (Wildman–Crippen LogP) is 3.81. The molecule has 0 aliphatic rings. The summed E-state index contributed by atoms with van der Waals surface area (Å²) < 4.78 is 6.97. The molecule has 6 nitrogen and oxygen atoms in total. The molecule has 0 fully saturated rings. The molecule has 0 aliphatic carbocycles. The van der Waals surface area contributed by atoms with Gasteiger partial charge in [0, 0.05) is 0 Å². The van der Waals surface area contributed by atoms with Gasteiger partial charge < -0.3 is 4.42 Å². The van der Waals surface area contributed by atoms with Crippen LogP contribution in [0.4, 0.5) is 0 Å². The molecule has 7 heteroatoms. The number of carbonyl (C=O) groups excluding carboxylic acids is 1. The maximum Gasteiger partial charge on any atom is 0.274 e. The van der Waals surface area contributed by atoms with Gasteiger partial charge in [-0.2, -0.15) is 10.2 Å². The van der Waals surface area contributed by atoms with Crippen molar-refractivity contribution in [1.82, 2.24) is 15.2 Å². The SMILES string of the molecule is Cc1cc(C(=O)NN=Cc2c(C)nn(-c3ccccc3)c2Cl)c(C)o1. The molecule has 0 aliphatic heterocycles. The molecule has 1 amide bonds. The fourth-order valence-electron chi connectivity index (χ4n) is 2.47. The molecule has 25 heavy (non-hydrogen) atoms. The highest BCUT2D eigenvalue weighted by Gasteiger charge is 2.14. The molecule has 0 atom stereocenters. The summed E-state index contributed by atoms with van der Waals surface area (Å²) in [7, 11) is 0. The van der Waals surface area contributed by atoms with Gasteiger partial charge >= 0.3 is 0 Å². The number of aromatic nitrogens is 2. The summed E-state index contributed by atoms with van der Waals surface area (Å²) in [6.07, 6.45) is 1.49. The van der Waals surface area contributed by atoms with Gasteiger partial charge in [-0.25, -0.2) is 10.1 Å². The number of rotatable bonds is 4. The van der Waals surface area contributed by atoms with Crippen LogP contribution in [0.2, 0.25) is 5.15 Å². The zero-order chi connectivity index (χ0) is 18.0. The molecule has 0 spiro atoms. The van der Waals surface area contributed by atoms with Gasteiger partial charge in [0.25, 0.3) is 5.91 Å². The van der Waals surface area contributed by atoms with E-state index in [1.807, 2.05) is 37.3 Å². The Balaban J connectivity index is 1.79. The van der Waals surface area contributed by atoms with Gasteiger partial charge in [0.05, 0.1) is 28.7 Å². The quantitative estimate of drug-likeness (QED) is 0.570. The Kier molecular flexibility index (Phi) is 4.72. The van der Waals surface area contributed by atoms with Crippen molar-refractivity contribution in [3.8, 4) is 5.69 Å². The van der Waals surface area contributed by atoms with E-state index >= 15 is 0 Å². The van der Waals surface area contributed by atoms with Crippen LogP contribution < -0.4 is 5.43 Å². The maximum absolute atomic E-state index is 12.1. The summed E-state index contributed by atoms with van der Waals surface area (Å²) in [5, 5.41) is 8.84. The minimum atomic E-state index is -0.338. The molecule has 1 aromatic carbocycles. The van der Waals surface area contributed by atoms with Crippen LogP contribution in [0, 0.1) is 20.8 Å². The first-order chi connectivity index (χ1) is 12.0. The van der Waals surface area contributed by atoms with E-state index in [9.17, 15) is 4.79 Å². The first kappa shape index (κ1) is 17.0. The number of amides is 1. The fraction of sp³-hybridized carbons (Fsp3) is 0.167. The minimum Gasteiger partial charge on any atom is -0.466 e. The van der Waals surface area contributed by atoms with Crippen LogP contribution in [0.25, 0.3) is 5.69 Å². The number of aryl methyl sites for hydroxylation is 3. The van der Waals surface area contributed by atoms with E-state index in [4.69, 9.17) is 16.0 Å². The van der Waals surface area contributed by atoms with Gasteiger partial charge in [0.1, 0.15) is 16.7 Å². The number of furan rings is 1. The molecule has 3 aromatic rings. The monoisotopic (exact) mass is 356 g/mol. The summed E-state index contributed by atoms with van der Waals surface area (Å²) in [6, 6.07) is 11.2. The minimum absolute atomic E-state index is 0.338. The first-order valence-electron chi connectivity index (χ1n) is 7.68. The van der Waals surface area contributed by atoms with E-state index in [-0.39, 0.29) is 5.91 Å². The second kappa shape index (κ2) is 6.94. The third-order valence-corrected chi connectivity index (χ3v) is 4.06. The lowest BCUT2D eigenvalue weighted by Crippen LogP contribution is -2.17. The van der Waals surface area contributed by atoms with Crippen LogP contribution in [-0.4, -0.2) is 21.9 Å². The normalized spacial score (nSPS) is 11.2. The molecule has 2 heterocycles. The maximum atomic E-state index is 12.1. The molecule has 0 bridgehead atoms. The average molecular weight is 357 g/mol. The number of nitrogens with one attached hydrogen (secondary N) is 1. The summed E-state index contributed by atoms with van der Waals surface area (Å²) in [6.45, 7) is 5.35. The van der Waals surface area contributed by atoms with E-state index in [1.165, 1.54) is 6.21 Å². The number of hydrogen-bond donors (Lipinski definition) is 1. The van der Waals surface area contributed by atoms with Crippen LogP contribution in [0.3, 0.4) is 0 Å². The van der Waals surface area contributed by atoms with Crippen molar-refractivity contribution in [1.29, 1.82) is 0 Å². The van der Waals surface area contributed by atoms with Crippen LogP contribution in [0.1, 0.15) is 33.1 Å². The zero-order valence-electron chi connectivity index (χ0n) is 14.1. The Morgan fingerprint density at radius 2 is 2.00 bits per heavy atom. The van der Waals surface area contributed by atoms with Gasteiger partial charge in [-0.3, -0.25) is 4.79 Å². The van der Waals surface area contributed by atoms with E-state index in [0.717, 1.165) is 5.69 Å². The third kappa shape index (κ3) is 3.49. The standard InChI is InChI=1S/C18H17ClN4O2/c1-11-9-15(13(3)25-11)18(24)21-20-10-16-12(2)22-23(17(16)19)14-7-5-4-6-8-14/h4-10H,1-3H3,(H,21,24). The molecule has 1 N–H and O–H groups in total. The lowest BCUT2D eigenvalue weighted by molar-refractivity contribution is 0.0953. The molecule has 2 aromatic heterocycles. The largest absolute Gasteiger partial charge is 0.466 e. The summed E-state index contributed by atoms with van der Waals surface area (Å²) in [5.74, 6) is 0.890. The highest BCUT2D eigenvalue weighted by molar-refractivity contribution is 6.32. The van der Waals surface area contributed by atoms with Crippen molar-refractivity contribution in [2.24, 2.45) is 5.10 Å². The lowest BCUT2D eigenvalue weighted by atomic mass is 10.2. The van der Waals surface area contributed by atoms with Gasteiger partial charge in [-0.1, -0.05) is 29.8 Å². The summed E-state index contributed by atoms with van der Waals surface area (Å²) in [5.41, 5.74) is 5.14. The van der Waals surface area contributed by atoms with Crippen molar-refractivity contribution in [2.75, 3.05) is 0 Å². The highest BCUT2D eigenvalue weighted by atomic mass is 35.5. The Bertz CT molecular complexity index is 942. The second-order valence-electron chi connectivity index (χ2n) is 5.56. The van der Waals surface area contributed by atoms with Gasteiger partial charge in [0.15, 0.2) is 0 Å². The molecular weight excluding hydrogens is 340 g/mol. The van der Waals surface area contributed by atoms with Crippen molar-refractivity contribution < 1.29 is 9.21 Å².